The Bertz CT molecular complexity index is 1490. The molecule has 1 atom stereocenters. The van der Waals surface area contributed by atoms with Crippen molar-refractivity contribution in [3.05, 3.63) is 36.4 Å². The van der Waals surface area contributed by atoms with Gasteiger partial charge in [-0.3, -0.25) is 4.79 Å². The number of nitrogens with one attached hydrogen (secondary N) is 1. The van der Waals surface area contributed by atoms with E-state index in [2.05, 4.69) is 25.4 Å². The van der Waals surface area contributed by atoms with Crippen LogP contribution in [0.4, 0.5) is 23.5 Å². The number of likely N-dealkylation sites (tertiary alicyclic amines) is 1. The van der Waals surface area contributed by atoms with E-state index in [4.69, 9.17) is 0 Å². The molecule has 1 aliphatic carbocycles. The number of piperidine rings is 1. The molecule has 1 saturated carbocycles. The van der Waals surface area contributed by atoms with E-state index >= 15 is 0 Å². The number of rotatable bonds is 6. The molecule has 1 N–H and O–H groups in total. The van der Waals surface area contributed by atoms with Crippen LogP contribution in [0, 0.1) is 12.8 Å². The number of alkyl halides is 4. The molecule has 0 bridgehead atoms. The molecule has 5 heterocycles. The zero-order valence-corrected chi connectivity index (χ0v) is 19.9. The highest BCUT2D eigenvalue weighted by atomic mass is 19.3. The van der Waals surface area contributed by atoms with Crippen molar-refractivity contribution >= 4 is 28.5 Å². The number of carbonyl (C=O) groups is 1. The second-order valence-corrected chi connectivity index (χ2v) is 9.60. The second-order valence-electron chi connectivity index (χ2n) is 9.60. The van der Waals surface area contributed by atoms with Crippen LogP contribution in [0.3, 0.4) is 0 Å². The lowest BCUT2D eigenvalue weighted by atomic mass is 10.0. The Balaban J connectivity index is 1.17. The number of aryl methyl sites for hydroxylation is 1. The molecule has 9 nitrogen and oxygen atoms in total. The first kappa shape index (κ1) is 23.6. The third-order valence-corrected chi connectivity index (χ3v) is 7.06. The Hall–Kier alpha value is -3.77. The number of pyridine rings is 1. The van der Waals surface area contributed by atoms with E-state index in [9.17, 15) is 22.4 Å². The summed E-state index contributed by atoms with van der Waals surface area (Å²) >= 11 is 0. The molecule has 1 saturated heterocycles. The van der Waals surface area contributed by atoms with Crippen molar-refractivity contribution in [1.29, 1.82) is 0 Å². The minimum Gasteiger partial charge on any atom is -0.350 e. The lowest BCUT2D eigenvalue weighted by Gasteiger charge is -2.32. The van der Waals surface area contributed by atoms with Crippen LogP contribution in [-0.4, -0.2) is 71.4 Å². The highest BCUT2D eigenvalue weighted by Crippen LogP contribution is 2.49. The molecular formula is C24H24F4N8O. The lowest BCUT2D eigenvalue weighted by molar-refractivity contribution is -0.135. The van der Waals surface area contributed by atoms with Gasteiger partial charge in [-0.25, -0.2) is 37.0 Å². The molecular weight excluding hydrogens is 492 g/mol. The number of anilines is 1. The third kappa shape index (κ3) is 4.36. The molecule has 4 aromatic rings. The van der Waals surface area contributed by atoms with Gasteiger partial charge in [0.15, 0.2) is 5.65 Å². The summed E-state index contributed by atoms with van der Waals surface area (Å²) in [5.74, 6) is -3.59. The summed E-state index contributed by atoms with van der Waals surface area (Å²) in [4.78, 5) is 27.1. The van der Waals surface area contributed by atoms with Gasteiger partial charge in [-0.15, -0.1) is 5.10 Å². The van der Waals surface area contributed by atoms with Crippen LogP contribution in [0.15, 0.2) is 30.6 Å². The van der Waals surface area contributed by atoms with Gasteiger partial charge >= 0.3 is 0 Å². The Labute approximate surface area is 208 Å². The minimum absolute atomic E-state index is 0.0127. The predicted molar refractivity (Wildman–Crippen MR) is 127 cm³/mol. The van der Waals surface area contributed by atoms with E-state index < -0.39 is 30.7 Å². The second kappa shape index (κ2) is 8.67. The quantitative estimate of drug-likeness (QED) is 0.392. The molecule has 194 valence electrons. The first-order valence-electron chi connectivity index (χ1n) is 12.1. The third-order valence-electron chi connectivity index (χ3n) is 7.06. The van der Waals surface area contributed by atoms with E-state index in [-0.39, 0.29) is 12.5 Å². The van der Waals surface area contributed by atoms with Crippen molar-refractivity contribution in [2.45, 2.75) is 51.1 Å². The van der Waals surface area contributed by atoms with Crippen molar-refractivity contribution in [1.82, 2.24) is 34.0 Å². The van der Waals surface area contributed by atoms with Gasteiger partial charge < -0.3 is 14.8 Å². The summed E-state index contributed by atoms with van der Waals surface area (Å²) in [6.45, 7) is 2.02. The Morgan fingerprint density at radius 1 is 1.19 bits per heavy atom. The number of fused-ring (bicyclic) bond motifs is 2. The maximum atomic E-state index is 13.2. The average Bonchev–Trinajstić information content (AvgIpc) is 3.17. The van der Waals surface area contributed by atoms with Gasteiger partial charge in [0.25, 0.3) is 12.3 Å². The molecule has 4 aromatic heterocycles. The summed E-state index contributed by atoms with van der Waals surface area (Å²) < 4.78 is 55.6. The Kier molecular flexibility index (Phi) is 5.53. The summed E-state index contributed by atoms with van der Waals surface area (Å²) in [6, 6.07) is 5.39. The number of hydrogen-bond acceptors (Lipinski definition) is 6. The Morgan fingerprint density at radius 2 is 1.95 bits per heavy atom. The molecule has 37 heavy (non-hydrogen) atoms. The van der Waals surface area contributed by atoms with Gasteiger partial charge in [0.05, 0.1) is 24.0 Å². The monoisotopic (exact) mass is 516 g/mol. The van der Waals surface area contributed by atoms with Crippen molar-refractivity contribution in [2.24, 2.45) is 5.92 Å². The summed E-state index contributed by atoms with van der Waals surface area (Å²) in [7, 11) is 0. The number of imidazole rings is 1. The van der Waals surface area contributed by atoms with E-state index in [1.54, 1.807) is 36.0 Å². The van der Waals surface area contributed by atoms with Crippen molar-refractivity contribution < 1.29 is 22.4 Å². The van der Waals surface area contributed by atoms with Crippen LogP contribution < -0.4 is 5.32 Å². The normalized spacial score (nSPS) is 19.7. The van der Waals surface area contributed by atoms with E-state index in [0.717, 1.165) is 5.56 Å². The molecule has 13 heteroatoms. The zero-order chi connectivity index (χ0) is 25.9. The maximum Gasteiger partial charge on any atom is 0.260 e. The van der Waals surface area contributed by atoms with Crippen LogP contribution in [0.1, 0.15) is 25.1 Å². The SMILES string of the molecule is Cc1nc2ccc(-c3ccn4nc(NC5CCN(C(=O)[C@H]6CC6(F)F)CC5)ncc34)nc2n1CC(F)F. The largest absolute Gasteiger partial charge is 0.350 e. The molecule has 1 amide bonds. The topological polar surface area (TPSA) is 93.2 Å². The number of hydrogen-bond donors (Lipinski definition) is 1. The van der Waals surface area contributed by atoms with Gasteiger partial charge in [-0.05, 0) is 38.0 Å². The smallest absolute Gasteiger partial charge is 0.260 e. The molecule has 0 unspecified atom stereocenters. The fourth-order valence-corrected chi connectivity index (χ4v) is 4.93. The molecule has 2 fully saturated rings. The first-order chi connectivity index (χ1) is 17.7. The fraction of sp³-hybridized carbons (Fsp3) is 0.458. The number of nitrogens with zero attached hydrogens (tertiary/aromatic N) is 7. The maximum absolute atomic E-state index is 13.2. The summed E-state index contributed by atoms with van der Waals surface area (Å²) in [6.07, 6.45) is 1.77. The van der Waals surface area contributed by atoms with Crippen LogP contribution >= 0.6 is 0 Å². The molecule has 0 radical (unpaired) electrons. The zero-order valence-electron chi connectivity index (χ0n) is 19.9. The van der Waals surface area contributed by atoms with E-state index in [1.807, 2.05) is 6.07 Å². The van der Waals surface area contributed by atoms with Gasteiger partial charge in [0.2, 0.25) is 11.9 Å². The molecule has 1 aliphatic heterocycles. The number of halogens is 4. The van der Waals surface area contributed by atoms with Crippen molar-refractivity contribution in [2.75, 3.05) is 18.4 Å². The standard InChI is InChI=1S/C24H24F4N8O/c1-13-30-18-3-2-17(32-21(18)35(13)12-20(25)26)15-6-9-36-19(15)11-29-23(33-36)31-14-4-7-34(8-5-14)22(37)16-10-24(16,27)28/h2-3,6,9,11,14,16,20H,4-5,7-8,10,12H2,1H3,(H,31,33)/t16-/m1/s1. The summed E-state index contributed by atoms with van der Waals surface area (Å²) in [5, 5.41) is 7.79. The molecule has 2 aliphatic rings. The van der Waals surface area contributed by atoms with Gasteiger partial charge in [-0.2, -0.15) is 0 Å². The van der Waals surface area contributed by atoms with Gasteiger partial charge in [0.1, 0.15) is 17.3 Å². The Morgan fingerprint density at radius 3 is 2.65 bits per heavy atom. The van der Waals surface area contributed by atoms with Crippen LogP contribution in [-0.2, 0) is 11.3 Å². The van der Waals surface area contributed by atoms with Crippen LogP contribution in [0.5, 0.6) is 0 Å². The molecule has 6 rings (SSSR count). The first-order valence-corrected chi connectivity index (χ1v) is 12.1. The number of aromatic nitrogens is 6. The average molecular weight is 517 g/mol. The predicted octanol–water partition coefficient (Wildman–Crippen LogP) is 3.77. The molecule has 0 aromatic carbocycles. The van der Waals surface area contributed by atoms with Gasteiger partial charge in [0, 0.05) is 37.3 Å². The molecule has 0 spiro atoms. The van der Waals surface area contributed by atoms with E-state index in [1.165, 1.54) is 9.47 Å². The number of amides is 1. The fourth-order valence-electron chi connectivity index (χ4n) is 4.93. The van der Waals surface area contributed by atoms with Gasteiger partial charge in [-0.1, -0.05) is 0 Å². The highest BCUT2D eigenvalue weighted by molar-refractivity contribution is 5.83. The van der Waals surface area contributed by atoms with E-state index in [0.29, 0.717) is 60.1 Å². The lowest BCUT2D eigenvalue weighted by Crippen LogP contribution is -2.43. The van der Waals surface area contributed by atoms with Crippen molar-refractivity contribution in [3.8, 4) is 11.3 Å². The highest BCUT2D eigenvalue weighted by Gasteiger charge is 2.62. The number of carbonyl (C=O) groups excluding carboxylic acids is 1. The minimum atomic E-state index is -2.85. The van der Waals surface area contributed by atoms with Crippen LogP contribution in [0.25, 0.3) is 27.9 Å². The summed E-state index contributed by atoms with van der Waals surface area (Å²) in [5.41, 5.74) is 2.98. The van der Waals surface area contributed by atoms with Crippen LogP contribution in [0.2, 0.25) is 0 Å². The van der Waals surface area contributed by atoms with Crippen molar-refractivity contribution in [3.63, 3.8) is 0 Å².